The fourth-order valence-corrected chi connectivity index (χ4v) is 0.433. The maximum absolute atomic E-state index is 4.72. The summed E-state index contributed by atoms with van der Waals surface area (Å²) in [5, 5.41) is 0. The van der Waals surface area contributed by atoms with Crippen LogP contribution < -0.4 is 0 Å². The highest BCUT2D eigenvalue weighted by atomic mass is 79.9. The summed E-state index contributed by atoms with van der Waals surface area (Å²) < 4.78 is 4.72. The van der Waals surface area contributed by atoms with Crippen LogP contribution in [0.1, 0.15) is 6.92 Å². The Balaban J connectivity index is 0. The van der Waals surface area contributed by atoms with Gasteiger partial charge in [0.1, 0.15) is 0 Å². The summed E-state index contributed by atoms with van der Waals surface area (Å²) >= 11 is 0. The number of halogens is 1. The van der Waals surface area contributed by atoms with Crippen molar-refractivity contribution >= 4 is 25.8 Å². The standard InChI is InChI=1S/C3H9OP.BrH/c1-3-5-4-2;/h5H,3H2,1-2H3;1H. The summed E-state index contributed by atoms with van der Waals surface area (Å²) in [6.07, 6.45) is 1.15. The SMILES string of the molecule is Br.CCPOC. The quantitative estimate of drug-likeness (QED) is 0.578. The Bertz CT molecular complexity index is 18.3. The Morgan fingerprint density at radius 1 is 1.67 bits per heavy atom. The van der Waals surface area contributed by atoms with Crippen LogP contribution in [0.4, 0.5) is 0 Å². The molecule has 1 atom stereocenters. The van der Waals surface area contributed by atoms with Crippen molar-refractivity contribution in [2.75, 3.05) is 13.3 Å². The van der Waals surface area contributed by atoms with E-state index in [2.05, 4.69) is 6.92 Å². The topological polar surface area (TPSA) is 9.23 Å². The molecule has 0 spiro atoms. The Kier molecular flexibility index (Phi) is 15.5. The lowest BCUT2D eigenvalue weighted by Gasteiger charge is -1.84. The van der Waals surface area contributed by atoms with Crippen molar-refractivity contribution in [3.8, 4) is 0 Å². The molecule has 0 aliphatic heterocycles. The van der Waals surface area contributed by atoms with E-state index in [1.165, 1.54) is 0 Å². The van der Waals surface area contributed by atoms with Gasteiger partial charge in [0.15, 0.2) is 0 Å². The van der Waals surface area contributed by atoms with Gasteiger partial charge >= 0.3 is 0 Å². The van der Waals surface area contributed by atoms with Gasteiger partial charge in [-0.1, -0.05) is 6.92 Å². The molecular formula is C3H10BrOP. The van der Waals surface area contributed by atoms with Crippen molar-refractivity contribution < 1.29 is 4.52 Å². The lowest BCUT2D eigenvalue weighted by molar-refractivity contribution is 0.476. The third-order valence-corrected chi connectivity index (χ3v) is 0.866. The molecule has 0 amide bonds. The fourth-order valence-electron chi connectivity index (χ4n) is 0.144. The van der Waals surface area contributed by atoms with E-state index in [9.17, 15) is 0 Å². The van der Waals surface area contributed by atoms with Gasteiger partial charge in [0.05, 0.1) is 0 Å². The highest BCUT2D eigenvalue weighted by Gasteiger charge is 1.65. The Morgan fingerprint density at radius 3 is 2.17 bits per heavy atom. The molecule has 0 rings (SSSR count). The zero-order valence-corrected chi connectivity index (χ0v) is 6.74. The van der Waals surface area contributed by atoms with Crippen molar-refractivity contribution in [3.05, 3.63) is 0 Å². The lowest BCUT2D eigenvalue weighted by Crippen LogP contribution is -1.60. The summed E-state index contributed by atoms with van der Waals surface area (Å²) in [6.45, 7) is 2.10. The highest BCUT2D eigenvalue weighted by Crippen LogP contribution is 2.04. The zero-order chi connectivity index (χ0) is 4.12. The van der Waals surface area contributed by atoms with E-state index < -0.39 is 0 Å². The van der Waals surface area contributed by atoms with Gasteiger partial charge in [-0.05, 0) is 6.16 Å². The molecule has 0 aliphatic rings. The average molecular weight is 173 g/mol. The third kappa shape index (κ3) is 8.85. The van der Waals surface area contributed by atoms with E-state index in [4.69, 9.17) is 4.52 Å². The molecule has 0 bridgehead atoms. The number of hydrogen-bond donors (Lipinski definition) is 0. The molecule has 0 aromatic carbocycles. The van der Waals surface area contributed by atoms with Crippen molar-refractivity contribution in [2.24, 2.45) is 0 Å². The molecule has 1 nitrogen and oxygen atoms in total. The monoisotopic (exact) mass is 172 g/mol. The largest absolute Gasteiger partial charge is 0.366 e. The first-order valence-corrected chi connectivity index (χ1v) is 2.79. The van der Waals surface area contributed by atoms with Crippen molar-refractivity contribution in [3.63, 3.8) is 0 Å². The van der Waals surface area contributed by atoms with Gasteiger partial charge in [-0.3, -0.25) is 0 Å². The van der Waals surface area contributed by atoms with E-state index in [1.807, 2.05) is 0 Å². The Hall–Kier alpha value is 0.870. The van der Waals surface area contributed by atoms with E-state index in [0.717, 1.165) is 6.16 Å². The summed E-state index contributed by atoms with van der Waals surface area (Å²) in [5.41, 5.74) is 0. The number of hydrogen-bond acceptors (Lipinski definition) is 1. The molecule has 1 unspecified atom stereocenters. The maximum Gasteiger partial charge on any atom is 0.0394 e. The second-order valence-corrected chi connectivity index (χ2v) is 2.11. The second-order valence-electron chi connectivity index (χ2n) is 0.702. The normalized spacial score (nSPS) is 9.00. The summed E-state index contributed by atoms with van der Waals surface area (Å²) in [7, 11) is 2.42. The smallest absolute Gasteiger partial charge is 0.0394 e. The van der Waals surface area contributed by atoms with Crippen LogP contribution in [0.5, 0.6) is 0 Å². The Labute approximate surface area is 51.1 Å². The average Bonchev–Trinajstić information content (AvgIpc) is 1.41. The molecule has 0 radical (unpaired) electrons. The minimum absolute atomic E-state index is 0. The first kappa shape index (κ1) is 9.98. The molecule has 0 aromatic heterocycles. The van der Waals surface area contributed by atoms with Crippen LogP contribution in [0.3, 0.4) is 0 Å². The van der Waals surface area contributed by atoms with E-state index in [-0.39, 0.29) is 17.0 Å². The second kappa shape index (κ2) is 9.30. The molecule has 0 heterocycles. The van der Waals surface area contributed by atoms with Crippen molar-refractivity contribution in [1.82, 2.24) is 0 Å². The van der Waals surface area contributed by atoms with Crippen LogP contribution >= 0.6 is 25.8 Å². The summed E-state index contributed by atoms with van der Waals surface area (Å²) in [5.74, 6) is 0. The molecule has 0 aliphatic carbocycles. The van der Waals surface area contributed by atoms with Crippen molar-refractivity contribution in [2.45, 2.75) is 6.92 Å². The summed E-state index contributed by atoms with van der Waals surface area (Å²) in [6, 6.07) is 0. The predicted octanol–water partition coefficient (Wildman–Crippen LogP) is 1.82. The molecule has 3 heteroatoms. The van der Waals surface area contributed by atoms with Gasteiger partial charge in [0.25, 0.3) is 0 Å². The van der Waals surface area contributed by atoms with Gasteiger partial charge in [0.2, 0.25) is 0 Å². The molecule has 0 N–H and O–H groups in total. The van der Waals surface area contributed by atoms with Gasteiger partial charge < -0.3 is 4.52 Å². The van der Waals surface area contributed by atoms with Crippen LogP contribution in [-0.2, 0) is 4.52 Å². The van der Waals surface area contributed by atoms with Gasteiger partial charge in [-0.25, -0.2) is 0 Å². The predicted molar refractivity (Wildman–Crippen MR) is 36.2 cm³/mol. The summed E-state index contributed by atoms with van der Waals surface area (Å²) in [4.78, 5) is 0. The van der Waals surface area contributed by atoms with Gasteiger partial charge in [0, 0.05) is 15.9 Å². The van der Waals surface area contributed by atoms with E-state index >= 15 is 0 Å². The first-order valence-electron chi connectivity index (χ1n) is 1.67. The first-order chi connectivity index (χ1) is 2.41. The zero-order valence-electron chi connectivity index (χ0n) is 4.02. The molecule has 0 saturated heterocycles. The molecular weight excluding hydrogens is 163 g/mol. The van der Waals surface area contributed by atoms with Crippen LogP contribution in [0, 0.1) is 0 Å². The fraction of sp³-hybridized carbons (Fsp3) is 1.00. The number of rotatable bonds is 2. The molecule has 0 aromatic rings. The van der Waals surface area contributed by atoms with E-state index in [1.54, 1.807) is 7.11 Å². The van der Waals surface area contributed by atoms with Crippen LogP contribution in [0.2, 0.25) is 0 Å². The van der Waals surface area contributed by atoms with Crippen LogP contribution in [-0.4, -0.2) is 13.3 Å². The Morgan fingerprint density at radius 2 is 2.17 bits per heavy atom. The van der Waals surface area contributed by atoms with Crippen LogP contribution in [0.15, 0.2) is 0 Å². The highest BCUT2D eigenvalue weighted by molar-refractivity contribution is 8.93. The van der Waals surface area contributed by atoms with Gasteiger partial charge in [-0.2, -0.15) is 0 Å². The molecule has 0 fully saturated rings. The maximum atomic E-state index is 4.72. The van der Waals surface area contributed by atoms with E-state index in [0.29, 0.717) is 8.81 Å². The third-order valence-electron chi connectivity index (χ3n) is 0.289. The molecule has 0 saturated carbocycles. The van der Waals surface area contributed by atoms with Gasteiger partial charge in [-0.15, -0.1) is 17.0 Å². The molecule has 6 heavy (non-hydrogen) atoms. The van der Waals surface area contributed by atoms with Crippen molar-refractivity contribution in [1.29, 1.82) is 0 Å². The minimum Gasteiger partial charge on any atom is -0.366 e. The lowest BCUT2D eigenvalue weighted by atomic mass is 11.0. The minimum atomic E-state index is 0. The molecule has 40 valence electrons. The van der Waals surface area contributed by atoms with Crippen LogP contribution in [0.25, 0.3) is 0 Å².